The van der Waals surface area contributed by atoms with Gasteiger partial charge in [-0.2, -0.15) is 0 Å². The van der Waals surface area contributed by atoms with Gasteiger partial charge in [0.2, 0.25) is 0 Å². The number of hydrogen-bond donors (Lipinski definition) is 0. The van der Waals surface area contributed by atoms with Gasteiger partial charge in [-0.25, -0.2) is 13.8 Å². The normalized spacial score (nSPS) is 10.7. The Hall–Kier alpha value is -0.710. The molecule has 1 aromatic rings. The van der Waals surface area contributed by atoms with Crippen molar-refractivity contribution in [2.24, 2.45) is 0 Å². The molecule has 1 aromatic heterocycles. The molecule has 0 radical (unpaired) electrons. The maximum absolute atomic E-state index is 12.6. The van der Waals surface area contributed by atoms with Crippen molar-refractivity contribution < 1.29 is 13.5 Å². The first kappa shape index (κ1) is 11.4. The van der Waals surface area contributed by atoms with E-state index in [1.54, 1.807) is 13.0 Å². The minimum atomic E-state index is -2.61. The van der Waals surface area contributed by atoms with E-state index in [0.717, 1.165) is 0 Å². The molecule has 0 spiro atoms. The molecule has 0 amide bonds. The summed E-state index contributed by atoms with van der Waals surface area (Å²) in [5, 5.41) is 0.456. The van der Waals surface area contributed by atoms with Gasteiger partial charge >= 0.3 is 0 Å². The number of aromatic nitrogens is 1. The van der Waals surface area contributed by atoms with E-state index in [4.69, 9.17) is 4.74 Å². The quantitative estimate of drug-likeness (QED) is 0.783. The zero-order chi connectivity index (χ0) is 10.7. The van der Waals surface area contributed by atoms with Crippen LogP contribution in [0.5, 0.6) is 5.75 Å². The SMILES string of the molecule is COc1c(C)cc(CBr)nc1C(F)F. The van der Waals surface area contributed by atoms with Gasteiger partial charge in [-0.1, -0.05) is 15.9 Å². The Balaban J connectivity index is 3.28. The molecule has 78 valence electrons. The standard InChI is InChI=1S/C9H10BrF2NO/c1-5-3-6(4-10)13-7(9(11)12)8(5)14-2/h3,9H,4H2,1-2H3. The van der Waals surface area contributed by atoms with Gasteiger partial charge in [-0.3, -0.25) is 0 Å². The molecule has 0 aliphatic carbocycles. The lowest BCUT2D eigenvalue weighted by Gasteiger charge is -2.11. The average Bonchev–Trinajstić information content (AvgIpc) is 2.16. The van der Waals surface area contributed by atoms with E-state index in [2.05, 4.69) is 20.9 Å². The highest BCUT2D eigenvalue weighted by molar-refractivity contribution is 9.08. The van der Waals surface area contributed by atoms with E-state index in [1.807, 2.05) is 0 Å². The number of rotatable bonds is 3. The first-order valence-corrected chi connectivity index (χ1v) is 5.10. The Kier molecular flexibility index (Phi) is 3.80. The van der Waals surface area contributed by atoms with Gasteiger partial charge in [0.1, 0.15) is 11.4 Å². The minimum Gasteiger partial charge on any atom is -0.494 e. The van der Waals surface area contributed by atoms with E-state index in [0.29, 0.717) is 16.6 Å². The maximum atomic E-state index is 12.6. The fourth-order valence-electron chi connectivity index (χ4n) is 1.24. The molecule has 0 bridgehead atoms. The highest BCUT2D eigenvalue weighted by Crippen LogP contribution is 2.30. The van der Waals surface area contributed by atoms with Crippen molar-refractivity contribution in [3.8, 4) is 5.75 Å². The van der Waals surface area contributed by atoms with Crippen LogP contribution in [0, 0.1) is 6.92 Å². The molecule has 0 atom stereocenters. The Labute approximate surface area is 89.4 Å². The molecule has 1 rings (SSSR count). The number of pyridine rings is 1. The second-order valence-corrected chi connectivity index (χ2v) is 3.34. The highest BCUT2D eigenvalue weighted by Gasteiger charge is 2.18. The molecule has 0 aliphatic rings. The number of nitrogens with zero attached hydrogens (tertiary/aromatic N) is 1. The molecule has 0 saturated carbocycles. The highest BCUT2D eigenvalue weighted by atomic mass is 79.9. The maximum Gasteiger partial charge on any atom is 0.284 e. The lowest BCUT2D eigenvalue weighted by atomic mass is 10.2. The Morgan fingerprint density at radius 3 is 2.64 bits per heavy atom. The molecule has 5 heteroatoms. The number of methoxy groups -OCH3 is 1. The van der Waals surface area contributed by atoms with Crippen LogP contribution in [0.4, 0.5) is 8.78 Å². The zero-order valence-electron chi connectivity index (χ0n) is 7.85. The van der Waals surface area contributed by atoms with Crippen LogP contribution in [-0.4, -0.2) is 12.1 Å². The third-order valence-electron chi connectivity index (χ3n) is 1.79. The number of ether oxygens (including phenoxy) is 1. The molecule has 0 N–H and O–H groups in total. The average molecular weight is 266 g/mol. The Morgan fingerprint density at radius 2 is 2.21 bits per heavy atom. The van der Waals surface area contributed by atoms with Crippen molar-refractivity contribution in [2.75, 3.05) is 7.11 Å². The summed E-state index contributed by atoms with van der Waals surface area (Å²) in [6.45, 7) is 1.72. The van der Waals surface area contributed by atoms with Crippen molar-refractivity contribution in [1.29, 1.82) is 0 Å². The summed E-state index contributed by atoms with van der Waals surface area (Å²) in [6, 6.07) is 1.72. The van der Waals surface area contributed by atoms with Gasteiger partial charge in [0, 0.05) is 5.33 Å². The summed E-state index contributed by atoms with van der Waals surface area (Å²) in [4.78, 5) is 3.80. The van der Waals surface area contributed by atoms with Crippen LogP contribution < -0.4 is 4.74 Å². The summed E-state index contributed by atoms with van der Waals surface area (Å²) in [5.74, 6) is 0.171. The molecule has 2 nitrogen and oxygen atoms in total. The first-order valence-electron chi connectivity index (χ1n) is 3.98. The van der Waals surface area contributed by atoms with Crippen molar-refractivity contribution in [1.82, 2.24) is 4.98 Å². The smallest absolute Gasteiger partial charge is 0.284 e. The molecule has 0 aliphatic heterocycles. The van der Waals surface area contributed by atoms with Gasteiger partial charge in [0.05, 0.1) is 12.8 Å². The van der Waals surface area contributed by atoms with Crippen molar-refractivity contribution in [3.63, 3.8) is 0 Å². The number of alkyl halides is 3. The lowest BCUT2D eigenvalue weighted by molar-refractivity contribution is 0.141. The molecular weight excluding hydrogens is 256 g/mol. The van der Waals surface area contributed by atoms with Crippen LogP contribution in [0.15, 0.2) is 6.07 Å². The summed E-state index contributed by atoms with van der Waals surface area (Å²) < 4.78 is 30.0. The molecule has 1 heterocycles. The molecule has 0 saturated heterocycles. The minimum absolute atomic E-state index is 0.171. The van der Waals surface area contributed by atoms with Gasteiger partial charge < -0.3 is 4.74 Å². The summed E-state index contributed by atoms with van der Waals surface area (Å²) in [6.07, 6.45) is -2.61. The summed E-state index contributed by atoms with van der Waals surface area (Å²) in [5.41, 5.74) is 0.966. The van der Waals surface area contributed by atoms with Crippen LogP contribution in [-0.2, 0) is 5.33 Å². The predicted molar refractivity (Wildman–Crippen MR) is 53.1 cm³/mol. The Bertz CT molecular complexity index is 331. The lowest BCUT2D eigenvalue weighted by Crippen LogP contribution is -2.01. The fraction of sp³-hybridized carbons (Fsp3) is 0.444. The van der Waals surface area contributed by atoms with Crippen LogP contribution in [0.2, 0.25) is 0 Å². The van der Waals surface area contributed by atoms with Gasteiger partial charge in [0.25, 0.3) is 6.43 Å². The van der Waals surface area contributed by atoms with E-state index >= 15 is 0 Å². The largest absolute Gasteiger partial charge is 0.494 e. The number of aryl methyl sites for hydroxylation is 1. The van der Waals surface area contributed by atoms with E-state index in [-0.39, 0.29) is 11.4 Å². The molecule has 14 heavy (non-hydrogen) atoms. The number of halogens is 3. The van der Waals surface area contributed by atoms with E-state index in [9.17, 15) is 8.78 Å². The molecule has 0 unspecified atom stereocenters. The summed E-state index contributed by atoms with van der Waals surface area (Å²) in [7, 11) is 1.36. The van der Waals surface area contributed by atoms with Crippen LogP contribution in [0.3, 0.4) is 0 Å². The second-order valence-electron chi connectivity index (χ2n) is 2.78. The number of hydrogen-bond acceptors (Lipinski definition) is 2. The van der Waals surface area contributed by atoms with Gasteiger partial charge in [-0.05, 0) is 18.6 Å². The molecule has 0 aromatic carbocycles. The van der Waals surface area contributed by atoms with E-state index in [1.165, 1.54) is 7.11 Å². The van der Waals surface area contributed by atoms with Gasteiger partial charge in [0.15, 0.2) is 0 Å². The molecular formula is C9H10BrF2NO. The third-order valence-corrected chi connectivity index (χ3v) is 2.36. The first-order chi connectivity index (χ1) is 6.60. The third kappa shape index (κ3) is 2.20. The van der Waals surface area contributed by atoms with Crippen molar-refractivity contribution in [3.05, 3.63) is 23.0 Å². The van der Waals surface area contributed by atoms with E-state index < -0.39 is 6.43 Å². The van der Waals surface area contributed by atoms with Gasteiger partial charge in [-0.15, -0.1) is 0 Å². The van der Waals surface area contributed by atoms with Crippen molar-refractivity contribution >= 4 is 15.9 Å². The van der Waals surface area contributed by atoms with Crippen molar-refractivity contribution in [2.45, 2.75) is 18.7 Å². The second kappa shape index (κ2) is 4.68. The van der Waals surface area contributed by atoms with Crippen LogP contribution in [0.1, 0.15) is 23.4 Å². The monoisotopic (exact) mass is 265 g/mol. The zero-order valence-corrected chi connectivity index (χ0v) is 9.44. The van der Waals surface area contributed by atoms with Crippen LogP contribution in [0.25, 0.3) is 0 Å². The van der Waals surface area contributed by atoms with Crippen LogP contribution >= 0.6 is 15.9 Å². The molecule has 0 fully saturated rings. The predicted octanol–water partition coefficient (Wildman–Crippen LogP) is 3.23. The topological polar surface area (TPSA) is 22.1 Å². The fourth-order valence-corrected chi connectivity index (χ4v) is 1.52. The Morgan fingerprint density at radius 1 is 1.57 bits per heavy atom. The summed E-state index contributed by atoms with van der Waals surface area (Å²) >= 11 is 3.17.